The minimum atomic E-state index is 0.190. The second-order valence-corrected chi connectivity index (χ2v) is 6.53. The number of carbonyl (C=O) groups is 1. The van der Waals surface area contributed by atoms with E-state index in [0.29, 0.717) is 19.6 Å². The summed E-state index contributed by atoms with van der Waals surface area (Å²) in [6.07, 6.45) is 11.2. The third-order valence-electron chi connectivity index (χ3n) is 4.93. The van der Waals surface area contributed by atoms with Crippen molar-refractivity contribution in [1.82, 2.24) is 15.1 Å². The van der Waals surface area contributed by atoms with Crippen LogP contribution in [0.25, 0.3) is 0 Å². The standard InChI is InChI=1S/C17H27N3O2/c21-17(7-6-14-4-2-1-3-5-14)18-9-10-20-16-8-11-22-13-15(16)12-19-20/h12,14H,1-11,13H2,(H,18,21). The van der Waals surface area contributed by atoms with Crippen molar-refractivity contribution in [2.24, 2.45) is 5.92 Å². The highest BCUT2D eigenvalue weighted by molar-refractivity contribution is 5.75. The molecule has 0 bridgehead atoms. The Balaban J connectivity index is 1.35. The molecule has 122 valence electrons. The van der Waals surface area contributed by atoms with E-state index in [0.717, 1.165) is 31.9 Å². The molecule has 5 nitrogen and oxygen atoms in total. The third-order valence-corrected chi connectivity index (χ3v) is 4.93. The zero-order valence-electron chi connectivity index (χ0n) is 13.4. The second-order valence-electron chi connectivity index (χ2n) is 6.53. The zero-order valence-corrected chi connectivity index (χ0v) is 13.4. The van der Waals surface area contributed by atoms with Crippen molar-refractivity contribution >= 4 is 5.91 Å². The summed E-state index contributed by atoms with van der Waals surface area (Å²) in [6, 6.07) is 0. The number of hydrogen-bond donors (Lipinski definition) is 1. The maximum atomic E-state index is 11.9. The Labute approximate surface area is 132 Å². The highest BCUT2D eigenvalue weighted by Crippen LogP contribution is 2.27. The van der Waals surface area contributed by atoms with Crippen LogP contribution in [-0.4, -0.2) is 28.8 Å². The lowest BCUT2D eigenvalue weighted by molar-refractivity contribution is -0.121. The Bertz CT molecular complexity index is 492. The maximum Gasteiger partial charge on any atom is 0.220 e. The number of rotatable bonds is 6. The molecule has 1 aromatic heterocycles. The number of aromatic nitrogens is 2. The molecule has 2 heterocycles. The van der Waals surface area contributed by atoms with E-state index in [9.17, 15) is 4.79 Å². The predicted octanol–water partition coefficient (Wildman–Crippen LogP) is 2.43. The van der Waals surface area contributed by atoms with Gasteiger partial charge in [-0.25, -0.2) is 0 Å². The number of amides is 1. The fourth-order valence-electron chi connectivity index (χ4n) is 3.60. The summed E-state index contributed by atoms with van der Waals surface area (Å²) in [4.78, 5) is 11.9. The van der Waals surface area contributed by atoms with Crippen molar-refractivity contribution in [2.75, 3.05) is 13.2 Å². The molecule has 0 saturated heterocycles. The minimum Gasteiger partial charge on any atom is -0.376 e. The van der Waals surface area contributed by atoms with Crippen LogP contribution < -0.4 is 5.32 Å². The monoisotopic (exact) mass is 305 g/mol. The van der Waals surface area contributed by atoms with Gasteiger partial charge in [0.05, 0.1) is 26.0 Å². The van der Waals surface area contributed by atoms with E-state index < -0.39 is 0 Å². The minimum absolute atomic E-state index is 0.190. The van der Waals surface area contributed by atoms with Gasteiger partial charge in [-0.15, -0.1) is 0 Å². The lowest BCUT2D eigenvalue weighted by Gasteiger charge is -2.21. The van der Waals surface area contributed by atoms with Gasteiger partial charge in [-0.2, -0.15) is 5.10 Å². The van der Waals surface area contributed by atoms with E-state index in [-0.39, 0.29) is 5.91 Å². The lowest BCUT2D eigenvalue weighted by Crippen LogP contribution is -2.28. The SMILES string of the molecule is O=C(CCC1CCCCC1)NCCn1ncc2c1CCOC2. The molecule has 1 fully saturated rings. The molecular formula is C17H27N3O2. The average Bonchev–Trinajstić information content (AvgIpc) is 2.97. The second kappa shape index (κ2) is 7.77. The summed E-state index contributed by atoms with van der Waals surface area (Å²) in [5.41, 5.74) is 2.46. The molecule has 1 saturated carbocycles. The van der Waals surface area contributed by atoms with Gasteiger partial charge in [0.1, 0.15) is 0 Å². The predicted molar refractivity (Wildman–Crippen MR) is 84.4 cm³/mol. The molecule has 1 aliphatic carbocycles. The van der Waals surface area contributed by atoms with Crippen molar-refractivity contribution in [1.29, 1.82) is 0 Å². The van der Waals surface area contributed by atoms with Crippen LogP contribution in [0.15, 0.2) is 6.20 Å². The highest BCUT2D eigenvalue weighted by Gasteiger charge is 2.16. The van der Waals surface area contributed by atoms with Gasteiger partial charge in [0, 0.05) is 30.6 Å². The van der Waals surface area contributed by atoms with Crippen LogP contribution in [0.1, 0.15) is 56.2 Å². The summed E-state index contributed by atoms with van der Waals surface area (Å²) >= 11 is 0. The normalized spacial score (nSPS) is 18.9. The Morgan fingerprint density at radius 2 is 2.23 bits per heavy atom. The van der Waals surface area contributed by atoms with Gasteiger partial charge < -0.3 is 10.1 Å². The van der Waals surface area contributed by atoms with Gasteiger partial charge >= 0.3 is 0 Å². The topological polar surface area (TPSA) is 56.2 Å². The van der Waals surface area contributed by atoms with E-state index >= 15 is 0 Å². The first-order valence-corrected chi connectivity index (χ1v) is 8.71. The molecule has 0 radical (unpaired) electrons. The summed E-state index contributed by atoms with van der Waals surface area (Å²) in [5.74, 6) is 0.965. The zero-order chi connectivity index (χ0) is 15.2. The molecule has 1 aliphatic heterocycles. The fourth-order valence-corrected chi connectivity index (χ4v) is 3.60. The fraction of sp³-hybridized carbons (Fsp3) is 0.765. The van der Waals surface area contributed by atoms with Gasteiger partial charge in [-0.05, 0) is 12.3 Å². The van der Waals surface area contributed by atoms with Crippen molar-refractivity contribution in [3.63, 3.8) is 0 Å². The van der Waals surface area contributed by atoms with Gasteiger partial charge in [-0.3, -0.25) is 9.48 Å². The smallest absolute Gasteiger partial charge is 0.220 e. The van der Waals surface area contributed by atoms with Crippen molar-refractivity contribution in [3.05, 3.63) is 17.5 Å². The summed E-state index contributed by atoms with van der Waals surface area (Å²) in [5, 5.41) is 7.44. The number of fused-ring (bicyclic) bond motifs is 1. The van der Waals surface area contributed by atoms with Crippen LogP contribution in [0.4, 0.5) is 0 Å². The number of ether oxygens (including phenoxy) is 1. The molecule has 1 aromatic rings. The molecule has 0 atom stereocenters. The van der Waals surface area contributed by atoms with E-state index in [4.69, 9.17) is 4.74 Å². The van der Waals surface area contributed by atoms with Crippen molar-refractivity contribution in [2.45, 2.75) is 64.5 Å². The molecule has 0 spiro atoms. The first-order valence-electron chi connectivity index (χ1n) is 8.71. The van der Waals surface area contributed by atoms with Crippen LogP contribution in [0.5, 0.6) is 0 Å². The van der Waals surface area contributed by atoms with Crippen LogP contribution in [0.3, 0.4) is 0 Å². The third kappa shape index (κ3) is 4.09. The quantitative estimate of drug-likeness (QED) is 0.878. The van der Waals surface area contributed by atoms with Gasteiger partial charge in [0.25, 0.3) is 0 Å². The summed E-state index contributed by atoms with van der Waals surface area (Å²) < 4.78 is 7.43. The first kappa shape index (κ1) is 15.5. The van der Waals surface area contributed by atoms with Crippen LogP contribution in [0.2, 0.25) is 0 Å². The molecule has 2 aliphatic rings. The summed E-state index contributed by atoms with van der Waals surface area (Å²) in [7, 11) is 0. The van der Waals surface area contributed by atoms with E-state index in [1.807, 2.05) is 10.9 Å². The van der Waals surface area contributed by atoms with Gasteiger partial charge in [0.2, 0.25) is 5.91 Å². The average molecular weight is 305 g/mol. The Kier molecular flexibility index (Phi) is 5.48. The Morgan fingerprint density at radius 1 is 1.36 bits per heavy atom. The largest absolute Gasteiger partial charge is 0.376 e. The van der Waals surface area contributed by atoms with Crippen molar-refractivity contribution < 1.29 is 9.53 Å². The van der Waals surface area contributed by atoms with Crippen LogP contribution >= 0.6 is 0 Å². The molecule has 5 heteroatoms. The van der Waals surface area contributed by atoms with Crippen LogP contribution in [0, 0.1) is 5.92 Å². The molecule has 0 unspecified atom stereocenters. The Hall–Kier alpha value is -1.36. The van der Waals surface area contributed by atoms with Gasteiger partial charge in [0.15, 0.2) is 0 Å². The molecule has 0 aromatic carbocycles. The lowest BCUT2D eigenvalue weighted by atomic mass is 9.86. The van der Waals surface area contributed by atoms with E-state index in [2.05, 4.69) is 10.4 Å². The first-order chi connectivity index (χ1) is 10.8. The summed E-state index contributed by atoms with van der Waals surface area (Å²) in [6.45, 7) is 2.86. The van der Waals surface area contributed by atoms with Crippen molar-refractivity contribution in [3.8, 4) is 0 Å². The highest BCUT2D eigenvalue weighted by atomic mass is 16.5. The maximum absolute atomic E-state index is 11.9. The Morgan fingerprint density at radius 3 is 3.09 bits per heavy atom. The van der Waals surface area contributed by atoms with Crippen LogP contribution in [-0.2, 0) is 29.1 Å². The number of nitrogens with one attached hydrogen (secondary N) is 1. The molecule has 1 amide bonds. The number of hydrogen-bond acceptors (Lipinski definition) is 3. The van der Waals surface area contributed by atoms with Gasteiger partial charge in [-0.1, -0.05) is 32.1 Å². The molecule has 1 N–H and O–H groups in total. The number of nitrogens with zero attached hydrogens (tertiary/aromatic N) is 2. The molecule has 3 rings (SSSR count). The number of carbonyl (C=O) groups excluding carboxylic acids is 1. The van der Waals surface area contributed by atoms with E-state index in [1.165, 1.54) is 43.4 Å². The molecular weight excluding hydrogens is 278 g/mol. The van der Waals surface area contributed by atoms with E-state index in [1.54, 1.807) is 0 Å². The molecule has 22 heavy (non-hydrogen) atoms.